The molecule has 19 heavy (non-hydrogen) atoms. The number of furan rings is 1. The molecule has 1 fully saturated rings. The van der Waals surface area contributed by atoms with Crippen LogP contribution < -0.4 is 5.32 Å². The molecule has 0 bridgehead atoms. The van der Waals surface area contributed by atoms with E-state index in [0.717, 1.165) is 5.92 Å². The van der Waals surface area contributed by atoms with Gasteiger partial charge in [-0.3, -0.25) is 0 Å². The first-order valence-corrected chi connectivity index (χ1v) is 7.21. The number of rotatable bonds is 5. The van der Waals surface area contributed by atoms with Gasteiger partial charge in [0.2, 0.25) is 0 Å². The summed E-state index contributed by atoms with van der Waals surface area (Å²) in [4.78, 5) is 10.8. The van der Waals surface area contributed by atoms with E-state index in [0.29, 0.717) is 18.3 Å². The lowest BCUT2D eigenvalue weighted by Gasteiger charge is -2.23. The van der Waals surface area contributed by atoms with E-state index in [1.165, 1.54) is 44.8 Å². The Kier molecular flexibility index (Phi) is 5.02. The lowest BCUT2D eigenvalue weighted by molar-refractivity contribution is 0.0696. The maximum absolute atomic E-state index is 10.8. The van der Waals surface area contributed by atoms with Crippen LogP contribution in [0.3, 0.4) is 0 Å². The second kappa shape index (κ2) is 6.75. The fraction of sp³-hybridized carbons (Fsp3) is 0.667. The standard InChI is InChI=1S/C15H23NO3/c1-11(12-6-4-2-3-5-7-12)16-9-14-8-13(10-19-14)15(17)18/h8,10-12,16H,2-7,9H2,1H3,(H,17,18)/t11-/m0/s1. The Morgan fingerprint density at radius 1 is 1.42 bits per heavy atom. The van der Waals surface area contributed by atoms with Gasteiger partial charge in [0.05, 0.1) is 12.1 Å². The molecule has 0 radical (unpaired) electrons. The van der Waals surface area contributed by atoms with Crippen molar-refractivity contribution in [1.82, 2.24) is 5.32 Å². The molecule has 1 saturated carbocycles. The molecule has 0 aromatic carbocycles. The quantitative estimate of drug-likeness (QED) is 0.801. The zero-order valence-corrected chi connectivity index (χ0v) is 11.5. The predicted octanol–water partition coefficient (Wildman–Crippen LogP) is 3.43. The fourth-order valence-electron chi connectivity index (χ4n) is 2.82. The molecule has 1 aliphatic rings. The zero-order chi connectivity index (χ0) is 13.7. The largest absolute Gasteiger partial charge is 0.478 e. The highest BCUT2D eigenvalue weighted by Crippen LogP contribution is 2.25. The summed E-state index contributed by atoms with van der Waals surface area (Å²) in [6.07, 6.45) is 9.29. The van der Waals surface area contributed by atoms with Gasteiger partial charge >= 0.3 is 5.97 Å². The topological polar surface area (TPSA) is 62.5 Å². The highest BCUT2D eigenvalue weighted by Gasteiger charge is 2.19. The maximum atomic E-state index is 10.8. The van der Waals surface area contributed by atoms with Crippen molar-refractivity contribution < 1.29 is 14.3 Å². The summed E-state index contributed by atoms with van der Waals surface area (Å²) in [6.45, 7) is 2.82. The first-order chi connectivity index (χ1) is 9.16. The molecule has 4 heteroatoms. The number of carbonyl (C=O) groups is 1. The first kappa shape index (κ1) is 14.1. The van der Waals surface area contributed by atoms with Crippen molar-refractivity contribution in [3.05, 3.63) is 23.7 Å². The van der Waals surface area contributed by atoms with Crippen LogP contribution in [0.25, 0.3) is 0 Å². The summed E-state index contributed by atoms with van der Waals surface area (Å²) in [7, 11) is 0. The molecule has 1 atom stereocenters. The number of carboxylic acid groups (broad SMARTS) is 1. The second-order valence-electron chi connectivity index (χ2n) is 5.53. The van der Waals surface area contributed by atoms with E-state index in [9.17, 15) is 4.79 Å². The summed E-state index contributed by atoms with van der Waals surface area (Å²) >= 11 is 0. The third-order valence-corrected chi connectivity index (χ3v) is 4.11. The van der Waals surface area contributed by atoms with Gasteiger partial charge in [-0.1, -0.05) is 25.7 Å². The average Bonchev–Trinajstić information content (AvgIpc) is 2.70. The van der Waals surface area contributed by atoms with Crippen LogP contribution in [0.1, 0.15) is 61.6 Å². The van der Waals surface area contributed by atoms with Crippen LogP contribution in [-0.4, -0.2) is 17.1 Å². The lowest BCUT2D eigenvalue weighted by Crippen LogP contribution is -2.32. The van der Waals surface area contributed by atoms with E-state index in [4.69, 9.17) is 9.52 Å². The molecule has 106 valence electrons. The molecule has 0 saturated heterocycles. The molecule has 1 heterocycles. The Hall–Kier alpha value is -1.29. The Morgan fingerprint density at radius 2 is 2.11 bits per heavy atom. The fourth-order valence-corrected chi connectivity index (χ4v) is 2.82. The van der Waals surface area contributed by atoms with Crippen molar-refractivity contribution in [2.75, 3.05) is 0 Å². The summed E-state index contributed by atoms with van der Waals surface area (Å²) in [5.41, 5.74) is 0.221. The van der Waals surface area contributed by atoms with E-state index < -0.39 is 5.97 Å². The van der Waals surface area contributed by atoms with E-state index in [1.807, 2.05) is 0 Å². The van der Waals surface area contributed by atoms with Gasteiger partial charge in [0.25, 0.3) is 0 Å². The summed E-state index contributed by atoms with van der Waals surface area (Å²) in [5, 5.41) is 12.3. The van der Waals surface area contributed by atoms with Gasteiger partial charge in [0.15, 0.2) is 0 Å². The highest BCUT2D eigenvalue weighted by atomic mass is 16.4. The van der Waals surface area contributed by atoms with Gasteiger partial charge in [0, 0.05) is 6.04 Å². The van der Waals surface area contributed by atoms with Crippen LogP contribution in [-0.2, 0) is 6.54 Å². The van der Waals surface area contributed by atoms with E-state index in [-0.39, 0.29) is 5.56 Å². The SMILES string of the molecule is C[C@H](NCc1cc(C(=O)O)co1)C1CCCCCC1. The van der Waals surface area contributed by atoms with Crippen LogP contribution in [0.4, 0.5) is 0 Å². The van der Waals surface area contributed by atoms with E-state index in [2.05, 4.69) is 12.2 Å². The minimum absolute atomic E-state index is 0.221. The number of aromatic carboxylic acids is 1. The molecule has 0 spiro atoms. The number of hydrogen-bond acceptors (Lipinski definition) is 3. The Labute approximate surface area is 114 Å². The van der Waals surface area contributed by atoms with Crippen LogP contribution in [0.5, 0.6) is 0 Å². The monoisotopic (exact) mass is 265 g/mol. The molecule has 1 aliphatic carbocycles. The average molecular weight is 265 g/mol. The zero-order valence-electron chi connectivity index (χ0n) is 11.5. The van der Waals surface area contributed by atoms with Gasteiger partial charge in [0.1, 0.15) is 12.0 Å². The second-order valence-corrected chi connectivity index (χ2v) is 5.53. The highest BCUT2D eigenvalue weighted by molar-refractivity contribution is 5.87. The minimum Gasteiger partial charge on any atom is -0.478 e. The molecule has 1 aromatic heterocycles. The number of nitrogens with one attached hydrogen (secondary N) is 1. The van der Waals surface area contributed by atoms with Crippen molar-refractivity contribution in [2.24, 2.45) is 5.92 Å². The van der Waals surface area contributed by atoms with Crippen molar-refractivity contribution in [3.8, 4) is 0 Å². The lowest BCUT2D eigenvalue weighted by atomic mass is 9.93. The smallest absolute Gasteiger partial charge is 0.338 e. The van der Waals surface area contributed by atoms with Crippen molar-refractivity contribution in [3.63, 3.8) is 0 Å². The molecule has 4 nitrogen and oxygen atoms in total. The molecule has 0 amide bonds. The molecular formula is C15H23NO3. The van der Waals surface area contributed by atoms with Gasteiger partial charge in [-0.25, -0.2) is 4.79 Å². The summed E-state index contributed by atoms with van der Waals surface area (Å²) in [5.74, 6) is 0.487. The van der Waals surface area contributed by atoms with Gasteiger partial charge in [-0.15, -0.1) is 0 Å². The molecule has 2 rings (SSSR count). The van der Waals surface area contributed by atoms with E-state index >= 15 is 0 Å². The van der Waals surface area contributed by atoms with Gasteiger partial charge in [-0.05, 0) is 31.7 Å². The minimum atomic E-state index is -0.938. The van der Waals surface area contributed by atoms with Gasteiger partial charge in [-0.2, -0.15) is 0 Å². The van der Waals surface area contributed by atoms with Crippen LogP contribution in [0.15, 0.2) is 16.7 Å². The Bertz CT molecular complexity index is 405. The van der Waals surface area contributed by atoms with Crippen LogP contribution in [0.2, 0.25) is 0 Å². The Morgan fingerprint density at radius 3 is 2.68 bits per heavy atom. The predicted molar refractivity (Wildman–Crippen MR) is 73.2 cm³/mol. The number of carboxylic acids is 1. The third-order valence-electron chi connectivity index (χ3n) is 4.11. The maximum Gasteiger partial charge on any atom is 0.338 e. The van der Waals surface area contributed by atoms with Crippen LogP contribution >= 0.6 is 0 Å². The third kappa shape index (κ3) is 4.10. The summed E-state index contributed by atoms with van der Waals surface area (Å²) in [6, 6.07) is 2.05. The van der Waals surface area contributed by atoms with Crippen molar-refractivity contribution in [2.45, 2.75) is 58.0 Å². The van der Waals surface area contributed by atoms with Crippen LogP contribution in [0, 0.1) is 5.92 Å². The Balaban J connectivity index is 1.81. The van der Waals surface area contributed by atoms with Crippen molar-refractivity contribution in [1.29, 1.82) is 0 Å². The van der Waals surface area contributed by atoms with Gasteiger partial charge < -0.3 is 14.8 Å². The first-order valence-electron chi connectivity index (χ1n) is 7.21. The van der Waals surface area contributed by atoms with E-state index in [1.54, 1.807) is 6.07 Å². The number of hydrogen-bond donors (Lipinski definition) is 2. The molecule has 0 aliphatic heterocycles. The molecular weight excluding hydrogens is 242 g/mol. The molecule has 0 unspecified atom stereocenters. The van der Waals surface area contributed by atoms with Crippen molar-refractivity contribution >= 4 is 5.97 Å². The summed E-state index contributed by atoms with van der Waals surface area (Å²) < 4.78 is 5.25. The molecule has 1 aromatic rings. The molecule has 2 N–H and O–H groups in total. The normalized spacial score (nSPS) is 19.0.